The van der Waals surface area contributed by atoms with Crippen molar-refractivity contribution in [2.45, 2.75) is 19.6 Å². The van der Waals surface area contributed by atoms with Crippen molar-refractivity contribution in [1.82, 2.24) is 15.3 Å². The summed E-state index contributed by atoms with van der Waals surface area (Å²) in [6.45, 7) is 2.72. The van der Waals surface area contributed by atoms with E-state index >= 15 is 0 Å². The molecule has 0 bridgehead atoms. The summed E-state index contributed by atoms with van der Waals surface area (Å²) in [5, 5.41) is 5.53. The van der Waals surface area contributed by atoms with Crippen molar-refractivity contribution in [1.29, 1.82) is 0 Å². The largest absolute Gasteiger partial charge is 0.384 e. The number of fused-ring (bicyclic) bond motifs is 2. The number of aromatic nitrogens is 2. The molecule has 0 aliphatic carbocycles. The smallest absolute Gasteiger partial charge is 0.182 e. The molecule has 0 radical (unpaired) electrons. The molecule has 0 amide bonds. The maximum atomic E-state index is 13.6. The van der Waals surface area contributed by atoms with Crippen LogP contribution in [-0.4, -0.2) is 28.6 Å². The molecule has 4 aromatic rings. The third-order valence-corrected chi connectivity index (χ3v) is 5.43. The Morgan fingerprint density at radius 2 is 2.03 bits per heavy atom. The van der Waals surface area contributed by atoms with Gasteiger partial charge in [0.05, 0.1) is 0 Å². The second-order valence-corrected chi connectivity index (χ2v) is 7.58. The normalized spacial score (nSPS) is 16.5. The number of nitrogens with two attached hydrogens (primary N) is 1. The minimum atomic E-state index is -0.311. The van der Waals surface area contributed by atoms with Gasteiger partial charge in [-0.15, -0.1) is 0 Å². The molecule has 7 heteroatoms. The molecule has 1 aliphatic rings. The quantitative estimate of drug-likeness (QED) is 0.408. The predicted molar refractivity (Wildman–Crippen MR) is 120 cm³/mol. The van der Waals surface area contributed by atoms with Crippen LogP contribution in [0, 0.1) is 12.7 Å². The Bertz CT molecular complexity index is 1280. The lowest BCUT2D eigenvalue weighted by atomic mass is 10.1. The Morgan fingerprint density at radius 3 is 2.93 bits per heavy atom. The number of benzene rings is 2. The van der Waals surface area contributed by atoms with Gasteiger partial charge >= 0.3 is 0 Å². The Hall–Kier alpha value is -3.58. The number of hydrogen-bond acceptors (Lipinski definition) is 4. The molecule has 6 nitrogen and oxygen atoms in total. The number of amidine groups is 1. The molecule has 5 N–H and O–H groups in total. The summed E-state index contributed by atoms with van der Waals surface area (Å²) in [5.74, 6) is 0.254. The maximum Gasteiger partial charge on any atom is 0.182 e. The number of nitrogens with zero attached hydrogens (tertiary/aromatic N) is 2. The van der Waals surface area contributed by atoms with Crippen molar-refractivity contribution in [3.05, 3.63) is 78.0 Å². The monoisotopic (exact) mass is 402 g/mol. The van der Waals surface area contributed by atoms with Crippen molar-refractivity contribution in [3.63, 3.8) is 0 Å². The van der Waals surface area contributed by atoms with Crippen LogP contribution in [0.4, 0.5) is 10.1 Å². The highest BCUT2D eigenvalue weighted by atomic mass is 19.1. The van der Waals surface area contributed by atoms with Gasteiger partial charge in [0.1, 0.15) is 11.7 Å². The van der Waals surface area contributed by atoms with E-state index in [-0.39, 0.29) is 12.1 Å². The fourth-order valence-corrected chi connectivity index (χ4v) is 3.98. The van der Waals surface area contributed by atoms with E-state index in [0.29, 0.717) is 12.4 Å². The maximum absolute atomic E-state index is 13.6. The fourth-order valence-electron chi connectivity index (χ4n) is 3.98. The molecule has 1 unspecified atom stereocenters. The van der Waals surface area contributed by atoms with Crippen LogP contribution in [0.15, 0.2) is 65.9 Å². The number of nitrogens with one attached hydrogen (secondary N) is 3. The summed E-state index contributed by atoms with van der Waals surface area (Å²) < 4.78 is 13.6. The zero-order chi connectivity index (χ0) is 20.7. The van der Waals surface area contributed by atoms with E-state index in [0.717, 1.165) is 45.2 Å². The number of aromatic amines is 2. The summed E-state index contributed by atoms with van der Waals surface area (Å²) in [7, 11) is 0. The number of H-pyrrole nitrogens is 2. The van der Waals surface area contributed by atoms with Crippen molar-refractivity contribution in [2.75, 3.05) is 11.4 Å². The minimum Gasteiger partial charge on any atom is -0.384 e. The standard InChI is InChI=1S/C23H23FN6/c1-14-10-16-11-18(3-5-20(16)28-14)30-9-7-22(25)29-23(30)26-8-6-15-13-27-21-4-2-17(24)12-19(15)21/h2-5,7,9-13,23,26-28H,6,8H2,1H3,(H2,25,29). The SMILES string of the molecule is Cc1cc2cc(N3C=CC(N)=NC3NCCc3c[nH]c4ccc(F)cc34)ccc2[nH]1. The van der Waals surface area contributed by atoms with Crippen LogP contribution in [-0.2, 0) is 6.42 Å². The van der Waals surface area contributed by atoms with Gasteiger partial charge in [-0.1, -0.05) is 0 Å². The van der Waals surface area contributed by atoms with Gasteiger partial charge < -0.3 is 20.6 Å². The van der Waals surface area contributed by atoms with Crippen LogP contribution < -0.4 is 16.0 Å². The first-order valence-corrected chi connectivity index (χ1v) is 9.95. The van der Waals surface area contributed by atoms with Crippen LogP contribution in [0.3, 0.4) is 0 Å². The van der Waals surface area contributed by atoms with Gasteiger partial charge in [-0.2, -0.15) is 0 Å². The Balaban J connectivity index is 1.34. The summed E-state index contributed by atoms with van der Waals surface area (Å²) >= 11 is 0. The zero-order valence-corrected chi connectivity index (χ0v) is 16.6. The molecule has 1 aliphatic heterocycles. The lowest BCUT2D eigenvalue weighted by Crippen LogP contribution is -2.45. The molecule has 0 fully saturated rings. The first-order valence-electron chi connectivity index (χ1n) is 9.95. The summed E-state index contributed by atoms with van der Waals surface area (Å²) in [6.07, 6.45) is 6.11. The first kappa shape index (κ1) is 18.4. The second-order valence-electron chi connectivity index (χ2n) is 7.58. The molecule has 1 atom stereocenters. The van der Waals surface area contributed by atoms with Crippen LogP contribution in [0.25, 0.3) is 21.8 Å². The molecule has 2 aromatic heterocycles. The molecular weight excluding hydrogens is 379 g/mol. The summed E-state index contributed by atoms with van der Waals surface area (Å²) in [5.41, 5.74) is 11.2. The molecule has 0 saturated heterocycles. The average molecular weight is 402 g/mol. The molecule has 30 heavy (non-hydrogen) atoms. The molecule has 3 heterocycles. The Morgan fingerprint density at radius 1 is 1.17 bits per heavy atom. The van der Waals surface area contributed by atoms with Gasteiger partial charge in [0.2, 0.25) is 0 Å². The Kier molecular flexibility index (Phi) is 4.52. The van der Waals surface area contributed by atoms with E-state index < -0.39 is 0 Å². The predicted octanol–water partition coefficient (Wildman–Crippen LogP) is 3.90. The van der Waals surface area contributed by atoms with Gasteiger partial charge in [-0.3, -0.25) is 5.32 Å². The van der Waals surface area contributed by atoms with Crippen LogP contribution in [0.1, 0.15) is 11.3 Å². The molecule has 5 rings (SSSR count). The lowest BCUT2D eigenvalue weighted by Gasteiger charge is -2.31. The molecule has 0 saturated carbocycles. The number of hydrogen-bond donors (Lipinski definition) is 4. The molecule has 0 spiro atoms. The zero-order valence-electron chi connectivity index (χ0n) is 16.6. The topological polar surface area (TPSA) is 85.2 Å². The highest BCUT2D eigenvalue weighted by Crippen LogP contribution is 2.26. The van der Waals surface area contributed by atoms with Crippen LogP contribution in [0.5, 0.6) is 0 Å². The van der Waals surface area contributed by atoms with Crippen molar-refractivity contribution < 1.29 is 4.39 Å². The fraction of sp³-hybridized carbons (Fsp3) is 0.174. The van der Waals surface area contributed by atoms with E-state index in [9.17, 15) is 4.39 Å². The molecular formula is C23H23FN6. The third-order valence-electron chi connectivity index (χ3n) is 5.43. The number of anilines is 1. The first-order chi connectivity index (χ1) is 14.6. The number of aryl methyl sites for hydroxylation is 1. The van der Waals surface area contributed by atoms with E-state index in [2.05, 4.69) is 49.4 Å². The highest BCUT2D eigenvalue weighted by molar-refractivity contribution is 5.93. The number of halogens is 1. The van der Waals surface area contributed by atoms with Crippen molar-refractivity contribution in [3.8, 4) is 0 Å². The number of aliphatic imine (C=N–C) groups is 1. The van der Waals surface area contributed by atoms with E-state index in [4.69, 9.17) is 5.73 Å². The molecule has 2 aromatic carbocycles. The van der Waals surface area contributed by atoms with Gasteiger partial charge in [0.25, 0.3) is 0 Å². The highest BCUT2D eigenvalue weighted by Gasteiger charge is 2.19. The van der Waals surface area contributed by atoms with Crippen molar-refractivity contribution in [2.24, 2.45) is 10.7 Å². The Labute approximate surface area is 173 Å². The second kappa shape index (κ2) is 7.35. The van der Waals surface area contributed by atoms with E-state index in [1.54, 1.807) is 18.2 Å². The van der Waals surface area contributed by atoms with E-state index in [1.807, 2.05) is 19.3 Å². The van der Waals surface area contributed by atoms with Gasteiger partial charge in [0.15, 0.2) is 6.29 Å². The minimum absolute atomic E-state index is 0.229. The van der Waals surface area contributed by atoms with E-state index in [1.165, 1.54) is 6.07 Å². The van der Waals surface area contributed by atoms with Gasteiger partial charge in [0, 0.05) is 52.1 Å². The summed E-state index contributed by atoms with van der Waals surface area (Å²) in [4.78, 5) is 13.2. The summed E-state index contributed by atoms with van der Waals surface area (Å²) in [6, 6.07) is 13.2. The molecule has 152 valence electrons. The average Bonchev–Trinajstić information content (AvgIpc) is 3.29. The lowest BCUT2D eigenvalue weighted by molar-refractivity contribution is 0.533. The van der Waals surface area contributed by atoms with Gasteiger partial charge in [-0.25, -0.2) is 9.38 Å². The van der Waals surface area contributed by atoms with Crippen LogP contribution >= 0.6 is 0 Å². The number of rotatable bonds is 5. The van der Waals surface area contributed by atoms with Crippen molar-refractivity contribution >= 4 is 33.3 Å². The third kappa shape index (κ3) is 3.44. The van der Waals surface area contributed by atoms with Gasteiger partial charge in [-0.05, 0) is 67.4 Å². The van der Waals surface area contributed by atoms with Crippen LogP contribution in [0.2, 0.25) is 0 Å².